The van der Waals surface area contributed by atoms with E-state index in [1.165, 1.54) is 5.56 Å². The van der Waals surface area contributed by atoms with Gasteiger partial charge in [0, 0.05) is 62.9 Å². The lowest BCUT2D eigenvalue weighted by atomic mass is 10.1. The Morgan fingerprint density at radius 2 is 1.87 bits per heavy atom. The number of fused-ring (bicyclic) bond motifs is 1. The van der Waals surface area contributed by atoms with Crippen LogP contribution in [-0.4, -0.2) is 44.3 Å². The molecule has 0 radical (unpaired) electrons. The van der Waals surface area contributed by atoms with Crippen molar-refractivity contribution in [2.45, 2.75) is 38.0 Å². The Kier molecular flexibility index (Phi) is 3.79. The third kappa shape index (κ3) is 2.84. The van der Waals surface area contributed by atoms with E-state index in [0.717, 1.165) is 25.1 Å². The van der Waals surface area contributed by atoms with E-state index in [1.807, 2.05) is 35.6 Å². The predicted molar refractivity (Wildman–Crippen MR) is 86.2 cm³/mol. The standard InChI is InChI=1S/C18H20N4O/c23-18-10-17-16(22(18)13-15-2-1-6-20-11-15)5-9-21(17)12-14-3-7-19-8-4-14/h1-4,6-8,11,16-17H,5,9-10,12-13H2/t16-,17-/m0/s1. The lowest BCUT2D eigenvalue weighted by molar-refractivity contribution is -0.129. The molecule has 2 aromatic heterocycles. The fraction of sp³-hybridized carbons (Fsp3) is 0.389. The summed E-state index contributed by atoms with van der Waals surface area (Å²) in [6, 6.07) is 8.75. The lowest BCUT2D eigenvalue weighted by Gasteiger charge is -2.25. The van der Waals surface area contributed by atoms with Crippen molar-refractivity contribution in [2.75, 3.05) is 6.54 Å². The van der Waals surface area contributed by atoms with Crippen molar-refractivity contribution in [3.05, 3.63) is 60.2 Å². The second-order valence-electron chi connectivity index (χ2n) is 6.34. The summed E-state index contributed by atoms with van der Waals surface area (Å²) < 4.78 is 0. The zero-order chi connectivity index (χ0) is 15.6. The molecule has 118 valence electrons. The van der Waals surface area contributed by atoms with Crippen molar-refractivity contribution in [1.82, 2.24) is 19.8 Å². The molecule has 2 atom stereocenters. The second kappa shape index (κ2) is 6.08. The van der Waals surface area contributed by atoms with Gasteiger partial charge in [-0.15, -0.1) is 0 Å². The topological polar surface area (TPSA) is 49.3 Å². The smallest absolute Gasteiger partial charge is 0.224 e. The van der Waals surface area contributed by atoms with Crippen LogP contribution in [0.4, 0.5) is 0 Å². The normalized spacial score (nSPS) is 24.2. The minimum Gasteiger partial charge on any atom is -0.334 e. The quantitative estimate of drug-likeness (QED) is 0.865. The van der Waals surface area contributed by atoms with Crippen LogP contribution >= 0.6 is 0 Å². The van der Waals surface area contributed by atoms with E-state index < -0.39 is 0 Å². The van der Waals surface area contributed by atoms with Crippen LogP contribution in [0.25, 0.3) is 0 Å². The van der Waals surface area contributed by atoms with Gasteiger partial charge in [-0.2, -0.15) is 0 Å². The van der Waals surface area contributed by atoms with Crippen LogP contribution in [0.2, 0.25) is 0 Å². The van der Waals surface area contributed by atoms with Gasteiger partial charge >= 0.3 is 0 Å². The van der Waals surface area contributed by atoms with E-state index in [1.54, 1.807) is 6.20 Å². The highest BCUT2D eigenvalue weighted by atomic mass is 16.2. The molecular weight excluding hydrogens is 288 g/mol. The number of nitrogens with zero attached hydrogens (tertiary/aromatic N) is 4. The maximum atomic E-state index is 12.5. The van der Waals surface area contributed by atoms with Gasteiger partial charge in [0.05, 0.1) is 0 Å². The van der Waals surface area contributed by atoms with Crippen LogP contribution in [0.15, 0.2) is 49.1 Å². The third-order valence-electron chi connectivity index (χ3n) is 4.94. The minimum absolute atomic E-state index is 0.267. The molecule has 2 aromatic rings. The Hall–Kier alpha value is -2.27. The zero-order valence-electron chi connectivity index (χ0n) is 13.0. The van der Waals surface area contributed by atoms with Crippen molar-refractivity contribution >= 4 is 5.91 Å². The van der Waals surface area contributed by atoms with Gasteiger partial charge in [-0.05, 0) is 35.7 Å². The number of amides is 1. The summed E-state index contributed by atoms with van der Waals surface area (Å²) in [4.78, 5) is 25.2. The van der Waals surface area contributed by atoms with Crippen molar-refractivity contribution in [3.8, 4) is 0 Å². The Morgan fingerprint density at radius 3 is 2.65 bits per heavy atom. The number of hydrogen-bond donors (Lipinski definition) is 0. The van der Waals surface area contributed by atoms with E-state index in [-0.39, 0.29) is 5.91 Å². The molecule has 0 unspecified atom stereocenters. The maximum Gasteiger partial charge on any atom is 0.224 e. The number of pyridine rings is 2. The van der Waals surface area contributed by atoms with Gasteiger partial charge in [0.15, 0.2) is 0 Å². The van der Waals surface area contributed by atoms with Crippen LogP contribution in [0.1, 0.15) is 24.0 Å². The molecule has 1 amide bonds. The highest BCUT2D eigenvalue weighted by Crippen LogP contribution is 2.34. The van der Waals surface area contributed by atoms with Crippen LogP contribution in [0.5, 0.6) is 0 Å². The number of hydrogen-bond acceptors (Lipinski definition) is 4. The van der Waals surface area contributed by atoms with Gasteiger partial charge in [-0.3, -0.25) is 19.7 Å². The van der Waals surface area contributed by atoms with Gasteiger partial charge in [0.1, 0.15) is 0 Å². The zero-order valence-corrected chi connectivity index (χ0v) is 13.0. The molecule has 2 saturated heterocycles. The molecule has 5 nitrogen and oxygen atoms in total. The largest absolute Gasteiger partial charge is 0.334 e. The minimum atomic E-state index is 0.267. The molecule has 0 N–H and O–H groups in total. The van der Waals surface area contributed by atoms with Crippen molar-refractivity contribution in [2.24, 2.45) is 0 Å². The van der Waals surface area contributed by atoms with Crippen molar-refractivity contribution < 1.29 is 4.79 Å². The first-order valence-corrected chi connectivity index (χ1v) is 8.12. The molecule has 4 rings (SSSR count). The lowest BCUT2D eigenvalue weighted by Crippen LogP contribution is -2.36. The van der Waals surface area contributed by atoms with Gasteiger partial charge < -0.3 is 4.90 Å². The number of carbonyl (C=O) groups is 1. The summed E-state index contributed by atoms with van der Waals surface area (Å²) in [7, 11) is 0. The summed E-state index contributed by atoms with van der Waals surface area (Å²) >= 11 is 0. The van der Waals surface area contributed by atoms with Crippen LogP contribution in [0, 0.1) is 0 Å². The Labute approximate surface area is 136 Å². The van der Waals surface area contributed by atoms with Gasteiger partial charge in [-0.25, -0.2) is 0 Å². The van der Waals surface area contributed by atoms with Crippen molar-refractivity contribution in [3.63, 3.8) is 0 Å². The number of carbonyl (C=O) groups excluding carboxylic acids is 1. The van der Waals surface area contributed by atoms with E-state index in [9.17, 15) is 4.79 Å². The van der Waals surface area contributed by atoms with Crippen LogP contribution < -0.4 is 0 Å². The molecule has 4 heterocycles. The first-order chi connectivity index (χ1) is 11.3. The molecule has 2 fully saturated rings. The highest BCUT2D eigenvalue weighted by molar-refractivity contribution is 5.80. The van der Waals surface area contributed by atoms with E-state index in [2.05, 4.69) is 27.0 Å². The third-order valence-corrected chi connectivity index (χ3v) is 4.94. The molecule has 0 aromatic carbocycles. The van der Waals surface area contributed by atoms with Gasteiger partial charge in [-0.1, -0.05) is 6.07 Å². The Morgan fingerprint density at radius 1 is 1.00 bits per heavy atom. The number of aromatic nitrogens is 2. The summed E-state index contributed by atoms with van der Waals surface area (Å²) in [5, 5.41) is 0. The summed E-state index contributed by atoms with van der Waals surface area (Å²) in [5.74, 6) is 0.267. The average molecular weight is 308 g/mol. The molecular formula is C18H20N4O. The molecule has 0 bridgehead atoms. The molecule has 2 aliphatic rings. The summed E-state index contributed by atoms with van der Waals surface area (Å²) in [6.07, 6.45) is 8.97. The molecule has 5 heteroatoms. The Bertz CT molecular complexity index is 676. The average Bonchev–Trinajstić information content (AvgIpc) is 3.10. The SMILES string of the molecule is O=C1C[C@H]2[C@H](CCN2Cc2ccncc2)N1Cc1cccnc1. The van der Waals surface area contributed by atoms with Gasteiger partial charge in [0.2, 0.25) is 5.91 Å². The molecule has 0 saturated carbocycles. The predicted octanol–water partition coefficient (Wildman–Crippen LogP) is 1.85. The Balaban J connectivity index is 1.47. The second-order valence-corrected chi connectivity index (χ2v) is 6.34. The van der Waals surface area contributed by atoms with Crippen molar-refractivity contribution in [1.29, 1.82) is 0 Å². The number of rotatable bonds is 4. The van der Waals surface area contributed by atoms with E-state index >= 15 is 0 Å². The van der Waals surface area contributed by atoms with Gasteiger partial charge in [0.25, 0.3) is 0 Å². The molecule has 0 spiro atoms. The first kappa shape index (κ1) is 14.3. The highest BCUT2D eigenvalue weighted by Gasteiger charge is 2.46. The fourth-order valence-electron chi connectivity index (χ4n) is 3.82. The molecule has 23 heavy (non-hydrogen) atoms. The fourth-order valence-corrected chi connectivity index (χ4v) is 3.82. The first-order valence-electron chi connectivity index (χ1n) is 8.12. The number of likely N-dealkylation sites (tertiary alicyclic amines) is 2. The molecule has 2 aliphatic heterocycles. The van der Waals surface area contributed by atoms with E-state index in [4.69, 9.17) is 0 Å². The summed E-state index contributed by atoms with van der Waals surface area (Å²) in [5.41, 5.74) is 2.37. The monoisotopic (exact) mass is 308 g/mol. The van der Waals surface area contributed by atoms with Crippen LogP contribution in [0.3, 0.4) is 0 Å². The van der Waals surface area contributed by atoms with Crippen LogP contribution in [-0.2, 0) is 17.9 Å². The molecule has 0 aliphatic carbocycles. The maximum absolute atomic E-state index is 12.5. The van der Waals surface area contributed by atoms with E-state index in [0.29, 0.717) is 25.0 Å². The summed E-state index contributed by atoms with van der Waals surface area (Å²) in [6.45, 7) is 2.63.